The number of benzene rings is 1. The molecule has 2 heterocycles. The molecule has 0 atom stereocenters. The van der Waals surface area contributed by atoms with Gasteiger partial charge in [-0.2, -0.15) is 13.2 Å². The molecule has 0 unspecified atom stereocenters. The fourth-order valence-corrected chi connectivity index (χ4v) is 2.07. The highest BCUT2D eigenvalue weighted by atomic mass is 19.4. The molecule has 1 aliphatic heterocycles. The maximum atomic E-state index is 12.4. The fourth-order valence-electron chi connectivity index (χ4n) is 2.07. The number of nitrogens with one attached hydrogen (secondary N) is 1. The molecule has 22 heavy (non-hydrogen) atoms. The maximum absolute atomic E-state index is 12.4. The van der Waals surface area contributed by atoms with E-state index in [1.807, 2.05) is 0 Å². The summed E-state index contributed by atoms with van der Waals surface area (Å²) in [6.45, 7) is 0. The molecule has 1 aromatic heterocycles. The lowest BCUT2D eigenvalue weighted by atomic mass is 10.0. The summed E-state index contributed by atoms with van der Waals surface area (Å²) in [6.07, 6.45) is -3.57. The second-order valence-corrected chi connectivity index (χ2v) is 4.72. The number of ether oxygens (including phenoxy) is 1. The van der Waals surface area contributed by atoms with Gasteiger partial charge in [0.25, 0.3) is 0 Å². The zero-order chi connectivity index (χ0) is 15.7. The highest BCUT2D eigenvalue weighted by Crippen LogP contribution is 2.30. The van der Waals surface area contributed by atoms with Crippen molar-refractivity contribution in [2.75, 3.05) is 5.32 Å². The summed E-state index contributed by atoms with van der Waals surface area (Å²) in [4.78, 5) is 11.3. The molecule has 1 N–H and O–H groups in total. The van der Waals surface area contributed by atoms with E-state index < -0.39 is 11.9 Å². The number of amides is 1. The van der Waals surface area contributed by atoms with E-state index in [9.17, 15) is 18.0 Å². The number of halogens is 3. The van der Waals surface area contributed by atoms with E-state index in [0.717, 1.165) is 17.7 Å². The maximum Gasteiger partial charge on any atom is 0.435 e. The SMILES string of the molecule is O=C1CCc2cc(Oc3ccc(C(F)(F)F)nn3)ccc2N1. The molecule has 1 amide bonds. The highest BCUT2D eigenvalue weighted by molar-refractivity contribution is 5.94. The van der Waals surface area contributed by atoms with Gasteiger partial charge in [-0.05, 0) is 36.2 Å². The molecule has 0 aliphatic carbocycles. The molecule has 0 spiro atoms. The Morgan fingerprint density at radius 2 is 1.91 bits per heavy atom. The number of aryl methyl sites for hydroxylation is 1. The third kappa shape index (κ3) is 3.00. The van der Waals surface area contributed by atoms with E-state index in [4.69, 9.17) is 4.74 Å². The van der Waals surface area contributed by atoms with Crippen molar-refractivity contribution in [3.63, 3.8) is 0 Å². The smallest absolute Gasteiger partial charge is 0.435 e. The standard InChI is InChI=1S/C14H10F3N3O2/c15-14(16,17)11-4-6-13(20-19-11)22-9-2-3-10-8(7-9)1-5-12(21)18-10/h2-4,6-7H,1,5H2,(H,18,21). The van der Waals surface area contributed by atoms with Crippen molar-refractivity contribution in [1.29, 1.82) is 0 Å². The number of nitrogens with zero attached hydrogens (tertiary/aromatic N) is 2. The first kappa shape index (κ1) is 14.3. The lowest BCUT2D eigenvalue weighted by Gasteiger charge is -2.17. The number of hydrogen-bond donors (Lipinski definition) is 1. The molecule has 3 rings (SSSR count). The second-order valence-electron chi connectivity index (χ2n) is 4.72. The minimum absolute atomic E-state index is 0.0344. The molecule has 1 aromatic carbocycles. The van der Waals surface area contributed by atoms with Crippen molar-refractivity contribution in [2.45, 2.75) is 19.0 Å². The molecule has 0 fully saturated rings. The zero-order valence-corrected chi connectivity index (χ0v) is 11.1. The lowest BCUT2D eigenvalue weighted by molar-refractivity contribution is -0.141. The van der Waals surface area contributed by atoms with Gasteiger partial charge in [0.1, 0.15) is 5.75 Å². The third-order valence-electron chi connectivity index (χ3n) is 3.13. The van der Waals surface area contributed by atoms with E-state index in [2.05, 4.69) is 15.5 Å². The highest BCUT2D eigenvalue weighted by Gasteiger charge is 2.33. The average molecular weight is 309 g/mol. The Balaban J connectivity index is 1.77. The van der Waals surface area contributed by atoms with Crippen molar-refractivity contribution in [1.82, 2.24) is 10.2 Å². The Bertz CT molecular complexity index is 714. The topological polar surface area (TPSA) is 64.1 Å². The van der Waals surface area contributed by atoms with Gasteiger partial charge < -0.3 is 10.1 Å². The Morgan fingerprint density at radius 3 is 2.59 bits per heavy atom. The molecule has 0 saturated heterocycles. The fraction of sp³-hybridized carbons (Fsp3) is 0.214. The van der Waals surface area contributed by atoms with Crippen LogP contribution in [0.3, 0.4) is 0 Å². The van der Waals surface area contributed by atoms with Gasteiger partial charge in [0, 0.05) is 18.2 Å². The summed E-state index contributed by atoms with van der Waals surface area (Å²) < 4.78 is 42.6. The Morgan fingerprint density at radius 1 is 1.09 bits per heavy atom. The largest absolute Gasteiger partial charge is 0.438 e. The number of carbonyl (C=O) groups is 1. The first-order valence-corrected chi connectivity index (χ1v) is 6.43. The van der Waals surface area contributed by atoms with E-state index in [1.165, 1.54) is 0 Å². The molecule has 5 nitrogen and oxygen atoms in total. The van der Waals surface area contributed by atoms with Gasteiger partial charge in [-0.3, -0.25) is 4.79 Å². The van der Waals surface area contributed by atoms with Gasteiger partial charge in [0.15, 0.2) is 5.69 Å². The van der Waals surface area contributed by atoms with Crippen LogP contribution in [-0.4, -0.2) is 16.1 Å². The van der Waals surface area contributed by atoms with Crippen molar-refractivity contribution in [3.05, 3.63) is 41.6 Å². The van der Waals surface area contributed by atoms with Crippen molar-refractivity contribution in [2.24, 2.45) is 0 Å². The van der Waals surface area contributed by atoms with Crippen LogP contribution >= 0.6 is 0 Å². The number of carbonyl (C=O) groups excluding carboxylic acids is 1. The van der Waals surface area contributed by atoms with Crippen LogP contribution in [0.1, 0.15) is 17.7 Å². The second kappa shape index (κ2) is 5.28. The van der Waals surface area contributed by atoms with Gasteiger partial charge in [0.2, 0.25) is 11.8 Å². The molecule has 0 saturated carbocycles. The molecule has 0 radical (unpaired) electrons. The predicted molar refractivity (Wildman–Crippen MR) is 70.5 cm³/mol. The van der Waals surface area contributed by atoms with Crippen molar-refractivity contribution >= 4 is 11.6 Å². The van der Waals surface area contributed by atoms with E-state index in [1.54, 1.807) is 18.2 Å². The Labute approximate surface area is 123 Å². The van der Waals surface area contributed by atoms with E-state index in [-0.39, 0.29) is 11.8 Å². The minimum Gasteiger partial charge on any atom is -0.438 e. The number of aromatic nitrogens is 2. The molecule has 0 bridgehead atoms. The van der Waals surface area contributed by atoms with Crippen LogP contribution in [0.5, 0.6) is 11.6 Å². The number of fused-ring (bicyclic) bond motifs is 1. The molecule has 8 heteroatoms. The zero-order valence-electron chi connectivity index (χ0n) is 11.1. The monoisotopic (exact) mass is 309 g/mol. The third-order valence-corrected chi connectivity index (χ3v) is 3.13. The number of anilines is 1. The summed E-state index contributed by atoms with van der Waals surface area (Å²) >= 11 is 0. The first-order chi connectivity index (χ1) is 10.4. The normalized spacial score (nSPS) is 14.2. The van der Waals surface area contributed by atoms with E-state index in [0.29, 0.717) is 24.3 Å². The van der Waals surface area contributed by atoms with Crippen molar-refractivity contribution < 1.29 is 22.7 Å². The van der Waals surface area contributed by atoms with Gasteiger partial charge in [-0.15, -0.1) is 10.2 Å². The van der Waals surface area contributed by atoms with Crippen LogP contribution in [0.4, 0.5) is 18.9 Å². The summed E-state index contributed by atoms with van der Waals surface area (Å²) in [7, 11) is 0. The molecular formula is C14H10F3N3O2. The Hall–Kier alpha value is -2.64. The van der Waals surface area contributed by atoms with Crippen LogP contribution in [0.25, 0.3) is 0 Å². The van der Waals surface area contributed by atoms with Gasteiger partial charge in [-0.1, -0.05) is 0 Å². The van der Waals surface area contributed by atoms with E-state index >= 15 is 0 Å². The molecular weight excluding hydrogens is 299 g/mol. The number of alkyl halides is 3. The molecule has 2 aromatic rings. The van der Waals surface area contributed by atoms with Crippen LogP contribution in [0.15, 0.2) is 30.3 Å². The predicted octanol–water partition coefficient (Wildman–Crippen LogP) is 3.17. The van der Waals surface area contributed by atoms with Crippen LogP contribution in [-0.2, 0) is 17.4 Å². The van der Waals surface area contributed by atoms with Gasteiger partial charge in [0.05, 0.1) is 0 Å². The summed E-state index contributed by atoms with van der Waals surface area (Å²) in [5.41, 5.74) is 0.534. The summed E-state index contributed by atoms with van der Waals surface area (Å²) in [5, 5.41) is 9.22. The summed E-state index contributed by atoms with van der Waals surface area (Å²) in [5.74, 6) is 0.339. The Kier molecular flexibility index (Phi) is 3.44. The van der Waals surface area contributed by atoms with Crippen LogP contribution < -0.4 is 10.1 Å². The minimum atomic E-state index is -4.53. The molecule has 1 aliphatic rings. The number of rotatable bonds is 2. The first-order valence-electron chi connectivity index (χ1n) is 6.43. The van der Waals surface area contributed by atoms with Crippen LogP contribution in [0, 0.1) is 0 Å². The van der Waals surface area contributed by atoms with Gasteiger partial charge in [-0.25, -0.2) is 0 Å². The van der Waals surface area contributed by atoms with Gasteiger partial charge >= 0.3 is 6.18 Å². The van der Waals surface area contributed by atoms with Crippen molar-refractivity contribution in [3.8, 4) is 11.6 Å². The lowest BCUT2D eigenvalue weighted by Crippen LogP contribution is -2.18. The molecule has 114 valence electrons. The quantitative estimate of drug-likeness (QED) is 0.925. The summed E-state index contributed by atoms with van der Waals surface area (Å²) in [6, 6.07) is 6.91. The number of hydrogen-bond acceptors (Lipinski definition) is 4. The van der Waals surface area contributed by atoms with Crippen LogP contribution in [0.2, 0.25) is 0 Å². The average Bonchev–Trinajstić information content (AvgIpc) is 2.47.